The van der Waals surface area contributed by atoms with Gasteiger partial charge in [0.25, 0.3) is 0 Å². The number of nitrogens with zero attached hydrogens (tertiary/aromatic N) is 1. The Morgan fingerprint density at radius 1 is 1.47 bits per heavy atom. The van der Waals surface area contributed by atoms with Crippen molar-refractivity contribution in [2.24, 2.45) is 11.7 Å². The predicted octanol–water partition coefficient (Wildman–Crippen LogP) is 2.15. The number of amides is 1. The quantitative estimate of drug-likeness (QED) is 0.857. The summed E-state index contributed by atoms with van der Waals surface area (Å²) in [5, 5.41) is 11.5. The van der Waals surface area contributed by atoms with Gasteiger partial charge in [-0.2, -0.15) is 5.26 Å². The molecule has 19 heavy (non-hydrogen) atoms. The first kappa shape index (κ1) is 14.9. The number of carbonyl (C=O) groups is 1. The number of halogens is 2. The van der Waals surface area contributed by atoms with Gasteiger partial charge in [0.2, 0.25) is 5.91 Å². The number of nitrogens with two attached hydrogens (primary N) is 1. The van der Waals surface area contributed by atoms with E-state index in [1.807, 2.05) is 13.8 Å². The molecule has 0 spiro atoms. The molecule has 3 N–H and O–H groups in total. The first-order chi connectivity index (χ1) is 8.85. The van der Waals surface area contributed by atoms with Crippen molar-refractivity contribution in [2.45, 2.75) is 26.3 Å². The lowest BCUT2D eigenvalue weighted by molar-refractivity contribution is -0.119. The molecule has 102 valence electrons. The van der Waals surface area contributed by atoms with Gasteiger partial charge >= 0.3 is 0 Å². The van der Waals surface area contributed by atoms with Crippen molar-refractivity contribution < 1.29 is 13.6 Å². The summed E-state index contributed by atoms with van der Waals surface area (Å²) in [5.41, 5.74) is 4.83. The molecule has 1 amide bonds. The lowest BCUT2D eigenvalue weighted by Gasteiger charge is -2.19. The number of carbonyl (C=O) groups excluding carboxylic acids is 1. The number of hydrogen-bond donors (Lipinski definition) is 2. The Balaban J connectivity index is 3.09. The van der Waals surface area contributed by atoms with Crippen LogP contribution in [-0.2, 0) is 4.79 Å². The second-order valence-electron chi connectivity index (χ2n) is 4.65. The molecule has 6 heteroatoms. The van der Waals surface area contributed by atoms with Gasteiger partial charge in [-0.3, -0.25) is 4.79 Å². The smallest absolute Gasteiger partial charge is 0.239 e. The Bertz CT molecular complexity index is 523. The van der Waals surface area contributed by atoms with E-state index in [1.165, 1.54) is 0 Å². The predicted molar refractivity (Wildman–Crippen MR) is 67.1 cm³/mol. The number of primary amides is 1. The summed E-state index contributed by atoms with van der Waals surface area (Å²) in [4.78, 5) is 11.3. The number of hydrogen-bond acceptors (Lipinski definition) is 3. The van der Waals surface area contributed by atoms with Crippen LogP contribution in [0.15, 0.2) is 12.1 Å². The van der Waals surface area contributed by atoms with E-state index in [4.69, 9.17) is 11.0 Å². The second-order valence-corrected chi connectivity index (χ2v) is 4.65. The fourth-order valence-electron chi connectivity index (χ4n) is 1.71. The molecule has 1 atom stereocenters. The Hall–Kier alpha value is -2.16. The number of rotatable bonds is 5. The third-order valence-corrected chi connectivity index (χ3v) is 2.55. The van der Waals surface area contributed by atoms with Gasteiger partial charge in [0.05, 0.1) is 5.69 Å². The largest absolute Gasteiger partial charge is 0.372 e. The molecule has 1 unspecified atom stereocenters. The average Bonchev–Trinajstić information content (AvgIpc) is 2.26. The summed E-state index contributed by atoms with van der Waals surface area (Å²) in [7, 11) is 0. The summed E-state index contributed by atoms with van der Waals surface area (Å²) in [6.07, 6.45) is 0.401. The van der Waals surface area contributed by atoms with Crippen LogP contribution in [0, 0.1) is 28.9 Å². The van der Waals surface area contributed by atoms with Crippen LogP contribution < -0.4 is 11.1 Å². The van der Waals surface area contributed by atoms with Crippen molar-refractivity contribution in [3.8, 4) is 6.07 Å². The van der Waals surface area contributed by atoms with E-state index in [2.05, 4.69) is 5.32 Å². The first-order valence-electron chi connectivity index (χ1n) is 5.80. The van der Waals surface area contributed by atoms with Gasteiger partial charge < -0.3 is 11.1 Å². The van der Waals surface area contributed by atoms with Crippen molar-refractivity contribution >= 4 is 11.6 Å². The molecule has 4 nitrogen and oxygen atoms in total. The molecule has 1 aromatic carbocycles. The van der Waals surface area contributed by atoms with Gasteiger partial charge in [-0.25, -0.2) is 8.78 Å². The fourth-order valence-corrected chi connectivity index (χ4v) is 1.71. The summed E-state index contributed by atoms with van der Waals surface area (Å²) in [6, 6.07) is 2.44. The maximum atomic E-state index is 13.4. The fraction of sp³-hybridized carbons (Fsp3) is 0.385. The van der Waals surface area contributed by atoms with Crippen LogP contribution >= 0.6 is 0 Å². The number of nitriles is 1. The summed E-state index contributed by atoms with van der Waals surface area (Å²) < 4.78 is 26.6. The maximum Gasteiger partial charge on any atom is 0.239 e. The molecule has 0 fully saturated rings. The highest BCUT2D eigenvalue weighted by atomic mass is 19.1. The third kappa shape index (κ3) is 3.91. The average molecular weight is 267 g/mol. The topological polar surface area (TPSA) is 78.9 Å². The number of nitrogens with one attached hydrogen (secondary N) is 1. The Morgan fingerprint density at radius 3 is 2.58 bits per heavy atom. The van der Waals surface area contributed by atoms with E-state index in [1.54, 1.807) is 6.07 Å². The second kappa shape index (κ2) is 6.14. The van der Waals surface area contributed by atoms with E-state index in [-0.39, 0.29) is 17.2 Å². The molecule has 0 aliphatic heterocycles. The number of benzene rings is 1. The minimum Gasteiger partial charge on any atom is -0.372 e. The summed E-state index contributed by atoms with van der Waals surface area (Å²) >= 11 is 0. The molecule has 0 radical (unpaired) electrons. The van der Waals surface area contributed by atoms with Crippen LogP contribution in [0.3, 0.4) is 0 Å². The Labute approximate surface area is 110 Å². The van der Waals surface area contributed by atoms with Crippen LogP contribution in [0.2, 0.25) is 0 Å². The number of anilines is 1. The van der Waals surface area contributed by atoms with Gasteiger partial charge in [0.15, 0.2) is 0 Å². The van der Waals surface area contributed by atoms with Crippen LogP contribution in [0.1, 0.15) is 25.8 Å². The molecule has 0 aliphatic carbocycles. The zero-order valence-corrected chi connectivity index (χ0v) is 10.7. The van der Waals surface area contributed by atoms with E-state index >= 15 is 0 Å². The Morgan fingerprint density at radius 2 is 2.11 bits per heavy atom. The molecule has 0 saturated heterocycles. The summed E-state index contributed by atoms with van der Waals surface area (Å²) in [5.74, 6) is -2.28. The van der Waals surface area contributed by atoms with E-state index in [0.29, 0.717) is 12.5 Å². The molecule has 1 aromatic rings. The normalized spacial score (nSPS) is 12.0. The summed E-state index contributed by atoms with van der Waals surface area (Å²) in [6.45, 7) is 3.77. The standard InChI is InChI=1S/C13H15F2N3O/c1-7(2)3-12(13(17)19)18-11-5-8(14)4-10(15)9(11)6-16/h4-5,7,12,18H,3H2,1-2H3,(H2,17,19). The molecular weight excluding hydrogens is 252 g/mol. The molecular formula is C13H15F2N3O. The van der Waals surface area contributed by atoms with Crippen LogP contribution in [0.25, 0.3) is 0 Å². The van der Waals surface area contributed by atoms with E-state index in [9.17, 15) is 13.6 Å². The lowest BCUT2D eigenvalue weighted by atomic mass is 10.0. The monoisotopic (exact) mass is 267 g/mol. The van der Waals surface area contributed by atoms with Crippen LogP contribution in [0.5, 0.6) is 0 Å². The Kier molecular flexibility index (Phi) is 4.81. The van der Waals surface area contributed by atoms with Gasteiger partial charge in [-0.15, -0.1) is 0 Å². The van der Waals surface area contributed by atoms with Gasteiger partial charge in [-0.1, -0.05) is 13.8 Å². The van der Waals surface area contributed by atoms with Crippen molar-refractivity contribution in [3.63, 3.8) is 0 Å². The zero-order chi connectivity index (χ0) is 14.6. The van der Waals surface area contributed by atoms with E-state index in [0.717, 1.165) is 6.07 Å². The maximum absolute atomic E-state index is 13.4. The zero-order valence-electron chi connectivity index (χ0n) is 10.7. The highest BCUT2D eigenvalue weighted by Gasteiger charge is 2.20. The van der Waals surface area contributed by atoms with Crippen molar-refractivity contribution in [1.82, 2.24) is 0 Å². The van der Waals surface area contributed by atoms with Crippen molar-refractivity contribution in [1.29, 1.82) is 5.26 Å². The van der Waals surface area contributed by atoms with Gasteiger partial charge in [-0.05, 0) is 18.4 Å². The first-order valence-corrected chi connectivity index (χ1v) is 5.80. The van der Waals surface area contributed by atoms with Crippen molar-refractivity contribution in [3.05, 3.63) is 29.3 Å². The highest BCUT2D eigenvalue weighted by Crippen LogP contribution is 2.22. The van der Waals surface area contributed by atoms with Gasteiger partial charge in [0.1, 0.15) is 29.3 Å². The van der Waals surface area contributed by atoms with Gasteiger partial charge in [0, 0.05) is 6.07 Å². The van der Waals surface area contributed by atoms with E-state index < -0.39 is 23.6 Å². The molecule has 0 aromatic heterocycles. The van der Waals surface area contributed by atoms with Crippen LogP contribution in [-0.4, -0.2) is 11.9 Å². The molecule has 1 rings (SSSR count). The molecule has 0 heterocycles. The molecule has 0 bridgehead atoms. The third-order valence-electron chi connectivity index (χ3n) is 2.55. The highest BCUT2D eigenvalue weighted by molar-refractivity contribution is 5.83. The minimum absolute atomic E-state index is 0.0653. The van der Waals surface area contributed by atoms with Crippen LogP contribution in [0.4, 0.5) is 14.5 Å². The van der Waals surface area contributed by atoms with Crippen molar-refractivity contribution in [2.75, 3.05) is 5.32 Å². The lowest BCUT2D eigenvalue weighted by Crippen LogP contribution is -2.36. The minimum atomic E-state index is -0.974. The SMILES string of the molecule is CC(C)CC(Nc1cc(F)cc(F)c1C#N)C(N)=O. The molecule has 0 aliphatic rings. The molecule has 0 saturated carbocycles.